The number of nitrogens with zero attached hydrogens (tertiary/aromatic N) is 3. The second-order valence-corrected chi connectivity index (χ2v) is 6.67. The molecule has 6 heteroatoms. The van der Waals surface area contributed by atoms with Gasteiger partial charge in [-0.15, -0.1) is 0 Å². The normalized spacial score (nSPS) is 25.5. The first-order valence-corrected chi connectivity index (χ1v) is 8.44. The molecular formula is C18H22N4O2. The van der Waals surface area contributed by atoms with Crippen LogP contribution in [0.4, 0.5) is 4.79 Å². The average Bonchev–Trinajstić information content (AvgIpc) is 3.22. The van der Waals surface area contributed by atoms with Crippen LogP contribution >= 0.6 is 0 Å². The third-order valence-corrected chi connectivity index (χ3v) is 5.00. The molecule has 126 valence electrons. The van der Waals surface area contributed by atoms with Crippen LogP contribution in [0.3, 0.4) is 0 Å². The first-order valence-electron chi connectivity index (χ1n) is 8.44. The van der Waals surface area contributed by atoms with Gasteiger partial charge >= 0.3 is 6.03 Å². The zero-order valence-electron chi connectivity index (χ0n) is 13.8. The monoisotopic (exact) mass is 326 g/mol. The Hall–Kier alpha value is -2.34. The van der Waals surface area contributed by atoms with Gasteiger partial charge in [-0.25, -0.2) is 4.79 Å². The fourth-order valence-electron chi connectivity index (χ4n) is 3.86. The number of hydrogen-bond donors (Lipinski definition) is 1. The molecule has 2 aliphatic heterocycles. The van der Waals surface area contributed by atoms with Gasteiger partial charge in [0.25, 0.3) is 0 Å². The summed E-state index contributed by atoms with van der Waals surface area (Å²) < 4.78 is 6.76. The SMILES string of the molecule is COc1ccccc1-c1cnn(C(=O)N[C@@H]2C[C@H]3CCN(C3)C2)c1. The number of piperidine rings is 1. The number of amides is 1. The van der Waals surface area contributed by atoms with Crippen LogP contribution in [0.15, 0.2) is 36.7 Å². The van der Waals surface area contributed by atoms with Gasteiger partial charge in [0.2, 0.25) is 0 Å². The topological polar surface area (TPSA) is 59.4 Å². The lowest BCUT2D eigenvalue weighted by molar-refractivity contribution is 0.204. The number of hydrogen-bond acceptors (Lipinski definition) is 4. The minimum Gasteiger partial charge on any atom is -0.496 e. The molecular weight excluding hydrogens is 304 g/mol. The molecule has 2 bridgehead atoms. The van der Waals surface area contributed by atoms with E-state index in [2.05, 4.69) is 15.3 Å². The molecule has 0 saturated carbocycles. The number of methoxy groups -OCH3 is 1. The first kappa shape index (κ1) is 15.2. The van der Waals surface area contributed by atoms with Crippen molar-refractivity contribution >= 4 is 6.03 Å². The minimum atomic E-state index is -0.163. The maximum absolute atomic E-state index is 12.5. The summed E-state index contributed by atoms with van der Waals surface area (Å²) in [6.45, 7) is 3.30. The fraction of sp³-hybridized carbons (Fsp3) is 0.444. The van der Waals surface area contributed by atoms with Gasteiger partial charge in [0.15, 0.2) is 0 Å². The molecule has 2 saturated heterocycles. The minimum absolute atomic E-state index is 0.163. The van der Waals surface area contributed by atoms with Gasteiger partial charge in [-0.3, -0.25) is 0 Å². The van der Waals surface area contributed by atoms with Crippen LogP contribution < -0.4 is 10.1 Å². The van der Waals surface area contributed by atoms with E-state index >= 15 is 0 Å². The number of carbonyl (C=O) groups excluding carboxylic acids is 1. The fourth-order valence-corrected chi connectivity index (χ4v) is 3.86. The Labute approximate surface area is 141 Å². The number of carbonyl (C=O) groups is 1. The molecule has 0 spiro atoms. The quantitative estimate of drug-likeness (QED) is 0.939. The lowest BCUT2D eigenvalue weighted by Gasteiger charge is -2.30. The van der Waals surface area contributed by atoms with Crippen molar-refractivity contribution in [1.29, 1.82) is 0 Å². The van der Waals surface area contributed by atoms with Crippen molar-refractivity contribution < 1.29 is 9.53 Å². The van der Waals surface area contributed by atoms with E-state index in [0.29, 0.717) is 0 Å². The third-order valence-electron chi connectivity index (χ3n) is 5.00. The summed E-state index contributed by atoms with van der Waals surface area (Å²) in [5.74, 6) is 1.50. The van der Waals surface area contributed by atoms with E-state index in [4.69, 9.17) is 4.74 Å². The smallest absolute Gasteiger partial charge is 0.342 e. The van der Waals surface area contributed by atoms with Gasteiger partial charge in [0.1, 0.15) is 5.75 Å². The molecule has 2 aromatic rings. The number of rotatable bonds is 3. The lowest BCUT2D eigenvalue weighted by Crippen LogP contribution is -2.48. The zero-order valence-corrected chi connectivity index (χ0v) is 13.8. The van der Waals surface area contributed by atoms with Crippen molar-refractivity contribution in [3.63, 3.8) is 0 Å². The Kier molecular flexibility index (Phi) is 3.98. The van der Waals surface area contributed by atoms with E-state index in [0.717, 1.165) is 42.3 Å². The van der Waals surface area contributed by atoms with Crippen molar-refractivity contribution in [3.05, 3.63) is 36.7 Å². The number of ether oxygens (including phenoxy) is 1. The molecule has 3 atom stereocenters. The predicted molar refractivity (Wildman–Crippen MR) is 91.1 cm³/mol. The van der Waals surface area contributed by atoms with E-state index in [1.165, 1.54) is 17.6 Å². The Bertz CT molecular complexity index is 730. The highest BCUT2D eigenvalue weighted by molar-refractivity contribution is 5.78. The van der Waals surface area contributed by atoms with E-state index < -0.39 is 0 Å². The van der Waals surface area contributed by atoms with Gasteiger partial charge in [-0.05, 0) is 31.4 Å². The summed E-state index contributed by atoms with van der Waals surface area (Å²) in [5, 5.41) is 7.34. The highest BCUT2D eigenvalue weighted by Crippen LogP contribution is 2.29. The van der Waals surface area contributed by atoms with Crippen LogP contribution in [-0.4, -0.2) is 53.5 Å². The van der Waals surface area contributed by atoms with Crippen LogP contribution in [0, 0.1) is 5.92 Å². The molecule has 2 fully saturated rings. The highest BCUT2D eigenvalue weighted by atomic mass is 16.5. The highest BCUT2D eigenvalue weighted by Gasteiger charge is 2.33. The Balaban J connectivity index is 1.47. The standard InChI is InChI=1S/C18H22N4O2/c1-24-17-5-3-2-4-16(17)14-9-19-22(11-14)18(23)20-15-8-13-6-7-21(10-13)12-15/h2-5,9,11,13,15H,6-8,10,12H2,1H3,(H,20,23)/t13-,15-/m1/s1. The van der Waals surface area contributed by atoms with E-state index in [9.17, 15) is 4.79 Å². The number of fused-ring (bicyclic) bond motifs is 2. The van der Waals surface area contributed by atoms with Gasteiger partial charge in [-0.1, -0.05) is 18.2 Å². The van der Waals surface area contributed by atoms with E-state index in [-0.39, 0.29) is 12.1 Å². The second-order valence-electron chi connectivity index (χ2n) is 6.67. The number of para-hydroxylation sites is 1. The van der Waals surface area contributed by atoms with Gasteiger partial charge < -0.3 is 15.0 Å². The maximum atomic E-state index is 12.5. The van der Waals surface area contributed by atoms with Crippen molar-refractivity contribution in [2.24, 2.45) is 5.92 Å². The van der Waals surface area contributed by atoms with E-state index in [1.54, 1.807) is 19.5 Å². The molecule has 0 aliphatic carbocycles. The molecule has 2 aliphatic rings. The molecule has 1 amide bonds. The molecule has 3 heterocycles. The predicted octanol–water partition coefficient (Wildman–Crippen LogP) is 2.21. The summed E-state index contributed by atoms with van der Waals surface area (Å²) in [4.78, 5) is 14.9. The molecule has 6 nitrogen and oxygen atoms in total. The van der Waals surface area contributed by atoms with Crippen molar-refractivity contribution in [2.75, 3.05) is 26.7 Å². The van der Waals surface area contributed by atoms with E-state index in [1.807, 2.05) is 24.3 Å². The number of benzene rings is 1. The molecule has 1 aromatic carbocycles. The zero-order chi connectivity index (χ0) is 16.5. The Morgan fingerprint density at radius 2 is 2.21 bits per heavy atom. The molecule has 1 unspecified atom stereocenters. The molecule has 24 heavy (non-hydrogen) atoms. The van der Waals surface area contributed by atoms with Gasteiger partial charge in [0, 0.05) is 36.5 Å². The number of nitrogens with one attached hydrogen (secondary N) is 1. The average molecular weight is 326 g/mol. The Morgan fingerprint density at radius 1 is 1.33 bits per heavy atom. The largest absolute Gasteiger partial charge is 0.496 e. The molecule has 1 N–H and O–H groups in total. The summed E-state index contributed by atoms with van der Waals surface area (Å²) in [6, 6.07) is 7.79. The molecule has 1 aromatic heterocycles. The third kappa shape index (κ3) is 2.89. The van der Waals surface area contributed by atoms with Crippen LogP contribution in [0.2, 0.25) is 0 Å². The number of aromatic nitrogens is 2. The van der Waals surface area contributed by atoms with Crippen molar-refractivity contribution in [2.45, 2.75) is 18.9 Å². The van der Waals surface area contributed by atoms with Crippen molar-refractivity contribution in [3.8, 4) is 16.9 Å². The van der Waals surface area contributed by atoms with Gasteiger partial charge in [-0.2, -0.15) is 9.78 Å². The molecule has 4 rings (SSSR count). The van der Waals surface area contributed by atoms with Crippen LogP contribution in [0.25, 0.3) is 11.1 Å². The van der Waals surface area contributed by atoms with Crippen LogP contribution in [0.5, 0.6) is 5.75 Å². The lowest BCUT2D eigenvalue weighted by atomic mass is 9.97. The van der Waals surface area contributed by atoms with Crippen molar-refractivity contribution in [1.82, 2.24) is 20.0 Å². The summed E-state index contributed by atoms with van der Waals surface area (Å²) in [7, 11) is 1.64. The summed E-state index contributed by atoms with van der Waals surface area (Å²) >= 11 is 0. The summed E-state index contributed by atoms with van der Waals surface area (Å²) in [5.41, 5.74) is 1.80. The molecule has 0 radical (unpaired) electrons. The van der Waals surface area contributed by atoms with Gasteiger partial charge in [0.05, 0.1) is 13.3 Å². The van der Waals surface area contributed by atoms with Crippen LogP contribution in [0.1, 0.15) is 12.8 Å². The Morgan fingerprint density at radius 3 is 3.04 bits per heavy atom. The maximum Gasteiger partial charge on any atom is 0.342 e. The van der Waals surface area contributed by atoms with Crippen LogP contribution in [-0.2, 0) is 0 Å². The second kappa shape index (κ2) is 6.28. The first-order chi connectivity index (χ1) is 11.7. The summed E-state index contributed by atoms with van der Waals surface area (Å²) in [6.07, 6.45) is 5.78.